The van der Waals surface area contributed by atoms with Gasteiger partial charge in [-0.1, -0.05) is 294 Å². The van der Waals surface area contributed by atoms with Gasteiger partial charge in [-0.05, 0) is 83.5 Å². The summed E-state index contributed by atoms with van der Waals surface area (Å²) in [5, 5.41) is 23.4. The predicted molar refractivity (Wildman–Crippen MR) is 319 cm³/mol. The fourth-order valence-electron chi connectivity index (χ4n) is 10.1. The molecule has 73 heavy (non-hydrogen) atoms. The number of amides is 1. The Morgan fingerprint density at radius 2 is 0.685 bits per heavy atom. The van der Waals surface area contributed by atoms with E-state index in [9.17, 15) is 19.8 Å². The highest BCUT2D eigenvalue weighted by Gasteiger charge is 2.20. The minimum Gasteiger partial charge on any atom is -0.466 e. The maximum atomic E-state index is 12.5. The van der Waals surface area contributed by atoms with Gasteiger partial charge in [0, 0.05) is 12.8 Å². The average Bonchev–Trinajstić information content (AvgIpc) is 3.39. The molecular formula is C67H127NO5. The molecule has 6 nitrogen and oxygen atoms in total. The fourth-order valence-corrected chi connectivity index (χ4v) is 10.1. The number of hydrogen-bond acceptors (Lipinski definition) is 5. The van der Waals surface area contributed by atoms with E-state index >= 15 is 0 Å². The maximum Gasteiger partial charge on any atom is 0.305 e. The number of carbonyl (C=O) groups is 2. The Morgan fingerprint density at radius 3 is 1.08 bits per heavy atom. The largest absolute Gasteiger partial charge is 0.466 e. The van der Waals surface area contributed by atoms with Gasteiger partial charge >= 0.3 is 5.97 Å². The number of allylic oxidation sites excluding steroid dienone is 6. The molecule has 3 N–H and O–H groups in total. The molecule has 0 bridgehead atoms. The van der Waals surface area contributed by atoms with E-state index < -0.39 is 12.1 Å². The lowest BCUT2D eigenvalue weighted by atomic mass is 10.0. The second kappa shape index (κ2) is 62.6. The highest BCUT2D eigenvalue weighted by Crippen LogP contribution is 2.18. The van der Waals surface area contributed by atoms with E-state index in [1.54, 1.807) is 0 Å². The lowest BCUT2D eigenvalue weighted by Crippen LogP contribution is -2.45. The van der Waals surface area contributed by atoms with Crippen LogP contribution in [0.4, 0.5) is 0 Å². The van der Waals surface area contributed by atoms with Gasteiger partial charge in [0.25, 0.3) is 0 Å². The molecule has 0 aromatic rings. The average molecular weight is 1030 g/mol. The molecule has 0 radical (unpaired) electrons. The van der Waals surface area contributed by atoms with Gasteiger partial charge in [0.1, 0.15) is 0 Å². The number of nitrogens with one attached hydrogen (secondary N) is 1. The molecule has 0 fully saturated rings. The Hall–Kier alpha value is -1.92. The van der Waals surface area contributed by atoms with E-state index in [1.807, 2.05) is 0 Å². The van der Waals surface area contributed by atoms with Crippen LogP contribution in [-0.4, -0.2) is 47.4 Å². The first-order valence-electron chi connectivity index (χ1n) is 32.7. The summed E-state index contributed by atoms with van der Waals surface area (Å²) in [5.74, 6) is -0.0507. The van der Waals surface area contributed by atoms with Crippen molar-refractivity contribution < 1.29 is 24.5 Å². The maximum absolute atomic E-state index is 12.5. The van der Waals surface area contributed by atoms with Crippen LogP contribution in [0, 0.1) is 0 Å². The van der Waals surface area contributed by atoms with E-state index in [2.05, 4.69) is 55.6 Å². The van der Waals surface area contributed by atoms with Crippen molar-refractivity contribution in [3.8, 4) is 0 Å². The first-order chi connectivity index (χ1) is 36.0. The highest BCUT2D eigenvalue weighted by atomic mass is 16.5. The molecule has 0 aliphatic heterocycles. The molecule has 0 aliphatic carbocycles. The zero-order valence-corrected chi connectivity index (χ0v) is 49.1. The van der Waals surface area contributed by atoms with Crippen molar-refractivity contribution >= 4 is 11.9 Å². The molecule has 0 aromatic carbocycles. The third kappa shape index (κ3) is 59.2. The summed E-state index contributed by atoms with van der Waals surface area (Å²) in [6.07, 6.45) is 78.7. The topological polar surface area (TPSA) is 95.9 Å². The van der Waals surface area contributed by atoms with Crippen molar-refractivity contribution in [2.24, 2.45) is 0 Å². The summed E-state index contributed by atoms with van der Waals surface area (Å²) < 4.78 is 5.48. The van der Waals surface area contributed by atoms with Crippen LogP contribution >= 0.6 is 0 Å². The molecule has 0 spiro atoms. The van der Waals surface area contributed by atoms with E-state index in [4.69, 9.17) is 4.74 Å². The molecule has 2 unspecified atom stereocenters. The number of esters is 1. The number of carbonyl (C=O) groups excluding carboxylic acids is 2. The van der Waals surface area contributed by atoms with Crippen molar-refractivity contribution in [1.29, 1.82) is 0 Å². The molecule has 2 atom stereocenters. The van der Waals surface area contributed by atoms with Crippen LogP contribution in [0.1, 0.15) is 354 Å². The Balaban J connectivity index is 3.45. The lowest BCUT2D eigenvalue weighted by Gasteiger charge is -2.22. The van der Waals surface area contributed by atoms with Crippen LogP contribution < -0.4 is 5.32 Å². The molecule has 0 aromatic heterocycles. The Bertz CT molecular complexity index is 1180. The van der Waals surface area contributed by atoms with Gasteiger partial charge in [0.05, 0.1) is 25.4 Å². The lowest BCUT2D eigenvalue weighted by molar-refractivity contribution is -0.143. The Morgan fingerprint density at radius 1 is 0.384 bits per heavy atom. The van der Waals surface area contributed by atoms with Crippen LogP contribution in [0.3, 0.4) is 0 Å². The quantitative estimate of drug-likeness (QED) is 0.0320. The van der Waals surface area contributed by atoms with Crippen LogP contribution in [-0.2, 0) is 14.3 Å². The first-order valence-corrected chi connectivity index (χ1v) is 32.7. The monoisotopic (exact) mass is 1030 g/mol. The number of unbranched alkanes of at least 4 members (excludes halogenated alkanes) is 44. The Kier molecular flexibility index (Phi) is 61.0. The fraction of sp³-hybridized carbons (Fsp3) is 0.881. The van der Waals surface area contributed by atoms with Crippen LogP contribution in [0.2, 0.25) is 0 Å². The van der Waals surface area contributed by atoms with Gasteiger partial charge in [0.15, 0.2) is 0 Å². The Labute approximate surface area is 455 Å². The molecule has 430 valence electrons. The minimum atomic E-state index is -0.675. The van der Waals surface area contributed by atoms with Crippen molar-refractivity contribution in [1.82, 2.24) is 5.32 Å². The number of aliphatic hydroxyl groups is 2. The van der Waals surface area contributed by atoms with Gasteiger partial charge in [-0.3, -0.25) is 9.59 Å². The molecule has 0 rings (SSSR count). The van der Waals surface area contributed by atoms with Gasteiger partial charge < -0.3 is 20.3 Å². The third-order valence-corrected chi connectivity index (χ3v) is 15.2. The SMILES string of the molecule is CCCCC/C=C\C/C=C\CCCCCCCCCC(=O)OCCCCCCCCCCC/C=C\CCCCCCCC(=O)NC(CO)C(O)CCCCCCCCCCCCCCCCCCCCCCC. The molecule has 0 heterocycles. The smallest absolute Gasteiger partial charge is 0.305 e. The van der Waals surface area contributed by atoms with Gasteiger partial charge in [-0.2, -0.15) is 0 Å². The highest BCUT2D eigenvalue weighted by molar-refractivity contribution is 5.76. The number of aliphatic hydroxyl groups excluding tert-OH is 2. The molecule has 0 aliphatic rings. The molecular weight excluding hydrogens is 899 g/mol. The van der Waals surface area contributed by atoms with Gasteiger partial charge in [-0.15, -0.1) is 0 Å². The van der Waals surface area contributed by atoms with E-state index in [0.29, 0.717) is 25.9 Å². The molecule has 0 saturated heterocycles. The van der Waals surface area contributed by atoms with Crippen molar-refractivity contribution in [3.05, 3.63) is 36.5 Å². The standard InChI is InChI=1S/C67H127NO5/c1-3-5-7-9-11-13-15-17-19-21-22-23-24-28-31-35-39-43-47-51-55-59-65(70)64(63-69)68-66(71)60-56-52-48-44-40-36-32-29-25-26-30-34-38-42-46-50-54-58-62-73-67(72)61-57-53-49-45-41-37-33-27-20-18-16-14-12-10-8-6-4-2/h12,14,18,20,29,32,64-65,69-70H,3-11,13,15-17,19,21-28,30-31,33-63H2,1-2H3,(H,68,71)/b14-12-,20-18-,32-29-. The number of rotatable bonds is 61. The minimum absolute atomic E-state index is 0.00423. The summed E-state index contributed by atoms with van der Waals surface area (Å²) in [6, 6.07) is -0.553. The van der Waals surface area contributed by atoms with Gasteiger partial charge in [0.2, 0.25) is 5.91 Å². The van der Waals surface area contributed by atoms with Gasteiger partial charge in [-0.25, -0.2) is 0 Å². The van der Waals surface area contributed by atoms with Crippen LogP contribution in [0.25, 0.3) is 0 Å². The molecule has 0 saturated carbocycles. The van der Waals surface area contributed by atoms with E-state index in [-0.39, 0.29) is 18.5 Å². The number of hydrogen-bond donors (Lipinski definition) is 3. The summed E-state index contributed by atoms with van der Waals surface area (Å²) in [4.78, 5) is 24.6. The van der Waals surface area contributed by atoms with Crippen molar-refractivity contribution in [2.75, 3.05) is 13.2 Å². The van der Waals surface area contributed by atoms with Crippen LogP contribution in [0.15, 0.2) is 36.5 Å². The molecule has 1 amide bonds. The zero-order valence-electron chi connectivity index (χ0n) is 49.1. The summed E-state index contributed by atoms with van der Waals surface area (Å²) in [6.45, 7) is 4.93. The van der Waals surface area contributed by atoms with Crippen LogP contribution in [0.5, 0.6) is 0 Å². The summed E-state index contributed by atoms with van der Waals surface area (Å²) >= 11 is 0. The van der Waals surface area contributed by atoms with Crippen molar-refractivity contribution in [2.45, 2.75) is 366 Å². The second-order valence-electron chi connectivity index (χ2n) is 22.4. The first kappa shape index (κ1) is 71.1. The second-order valence-corrected chi connectivity index (χ2v) is 22.4. The summed E-state index contributed by atoms with van der Waals surface area (Å²) in [5.41, 5.74) is 0. The van der Waals surface area contributed by atoms with E-state index in [0.717, 1.165) is 64.2 Å². The third-order valence-electron chi connectivity index (χ3n) is 15.2. The predicted octanol–water partition coefficient (Wildman–Crippen LogP) is 20.8. The zero-order chi connectivity index (χ0) is 52.9. The normalized spacial score (nSPS) is 12.8. The summed E-state index contributed by atoms with van der Waals surface area (Å²) in [7, 11) is 0. The number of ether oxygens (including phenoxy) is 1. The molecule has 6 heteroatoms. The van der Waals surface area contributed by atoms with Crippen molar-refractivity contribution in [3.63, 3.8) is 0 Å². The van der Waals surface area contributed by atoms with E-state index in [1.165, 1.54) is 257 Å².